The van der Waals surface area contributed by atoms with Crippen molar-refractivity contribution in [1.29, 1.82) is 10.5 Å². The number of thioether (sulfide) groups is 1. The molecule has 0 fully saturated rings. The summed E-state index contributed by atoms with van der Waals surface area (Å²) < 4.78 is 12.2. The summed E-state index contributed by atoms with van der Waals surface area (Å²) in [7, 11) is 0. The fraction of sp³-hybridized carbons (Fsp3) is 0.417. The van der Waals surface area contributed by atoms with Gasteiger partial charge in [-0.15, -0.1) is 11.8 Å². The molecule has 2 N–H and O–H groups in total. The molecule has 2 rings (SSSR count). The van der Waals surface area contributed by atoms with Crippen LogP contribution in [0.15, 0.2) is 39.0 Å². The molecular formula is C24H29N3O2S2. The van der Waals surface area contributed by atoms with Gasteiger partial charge in [0.1, 0.15) is 23.3 Å². The Hall–Kier alpha value is -2.48. The SMILES string of the molecule is CCSc1c(OCC(C)C)c(C#N)c(C#N)c(OCC(C)C)c1Sc1ccccc1N. The lowest BCUT2D eigenvalue weighted by atomic mass is 10.1. The lowest BCUT2D eigenvalue weighted by Crippen LogP contribution is -2.11. The number of nitriles is 2. The predicted octanol–water partition coefficient (Wildman–Crippen LogP) is 6.34. The molecule has 2 aromatic rings. The van der Waals surface area contributed by atoms with Crippen molar-refractivity contribution in [2.24, 2.45) is 11.8 Å². The average molecular weight is 456 g/mol. The highest BCUT2D eigenvalue weighted by molar-refractivity contribution is 8.02. The summed E-state index contributed by atoms with van der Waals surface area (Å²) in [5.41, 5.74) is 7.28. The molecular weight excluding hydrogens is 426 g/mol. The lowest BCUT2D eigenvalue weighted by molar-refractivity contribution is 0.252. The summed E-state index contributed by atoms with van der Waals surface area (Å²) >= 11 is 3.02. The molecule has 0 spiro atoms. The maximum atomic E-state index is 9.99. The smallest absolute Gasteiger partial charge is 0.153 e. The van der Waals surface area contributed by atoms with Crippen molar-refractivity contribution in [1.82, 2.24) is 0 Å². The number of benzene rings is 2. The molecule has 0 radical (unpaired) electrons. The number of nitrogen functional groups attached to an aromatic ring is 1. The van der Waals surface area contributed by atoms with E-state index in [9.17, 15) is 10.5 Å². The fourth-order valence-corrected chi connectivity index (χ4v) is 4.80. The van der Waals surface area contributed by atoms with Crippen LogP contribution in [-0.2, 0) is 0 Å². The van der Waals surface area contributed by atoms with Gasteiger partial charge in [-0.05, 0) is 29.7 Å². The first-order valence-electron chi connectivity index (χ1n) is 10.3. The Balaban J connectivity index is 2.82. The van der Waals surface area contributed by atoms with Crippen molar-refractivity contribution in [2.45, 2.75) is 49.3 Å². The van der Waals surface area contributed by atoms with E-state index >= 15 is 0 Å². The number of hydrogen-bond donors (Lipinski definition) is 1. The Morgan fingerprint density at radius 2 is 1.42 bits per heavy atom. The number of rotatable bonds is 10. The van der Waals surface area contributed by atoms with Crippen molar-refractivity contribution >= 4 is 29.2 Å². The van der Waals surface area contributed by atoms with E-state index in [1.54, 1.807) is 11.8 Å². The molecule has 0 saturated heterocycles. The van der Waals surface area contributed by atoms with Crippen molar-refractivity contribution < 1.29 is 9.47 Å². The quantitative estimate of drug-likeness (QED) is 0.330. The molecule has 0 saturated carbocycles. The molecule has 0 aliphatic heterocycles. The van der Waals surface area contributed by atoms with Gasteiger partial charge in [-0.25, -0.2) is 0 Å². The predicted molar refractivity (Wildman–Crippen MR) is 128 cm³/mol. The molecule has 0 aliphatic carbocycles. The third-order valence-electron chi connectivity index (χ3n) is 4.09. The summed E-state index contributed by atoms with van der Waals surface area (Å²) in [5.74, 6) is 2.18. The van der Waals surface area contributed by atoms with Crippen LogP contribution in [0.2, 0.25) is 0 Å². The summed E-state index contributed by atoms with van der Waals surface area (Å²) in [5, 5.41) is 19.9. The van der Waals surface area contributed by atoms with Gasteiger partial charge in [0.05, 0.1) is 23.0 Å². The van der Waals surface area contributed by atoms with E-state index in [1.807, 2.05) is 58.9 Å². The maximum absolute atomic E-state index is 9.99. The molecule has 5 nitrogen and oxygen atoms in total. The van der Waals surface area contributed by atoms with Gasteiger partial charge in [0.2, 0.25) is 0 Å². The summed E-state index contributed by atoms with van der Waals surface area (Å²) in [4.78, 5) is 2.43. The molecule has 31 heavy (non-hydrogen) atoms. The van der Waals surface area contributed by atoms with E-state index in [-0.39, 0.29) is 23.0 Å². The van der Waals surface area contributed by atoms with Crippen LogP contribution in [0.4, 0.5) is 5.69 Å². The zero-order chi connectivity index (χ0) is 23.0. The Bertz CT molecular complexity index is 992. The third kappa shape index (κ3) is 6.26. The lowest BCUT2D eigenvalue weighted by Gasteiger charge is -2.22. The van der Waals surface area contributed by atoms with Crippen LogP contribution in [0.3, 0.4) is 0 Å². The highest BCUT2D eigenvalue weighted by atomic mass is 32.2. The Morgan fingerprint density at radius 1 is 0.903 bits per heavy atom. The van der Waals surface area contributed by atoms with E-state index in [1.165, 1.54) is 11.8 Å². The Kier molecular flexibility index (Phi) is 9.43. The Morgan fingerprint density at radius 3 is 1.87 bits per heavy atom. The van der Waals surface area contributed by atoms with Crippen molar-refractivity contribution in [2.75, 3.05) is 24.7 Å². The van der Waals surface area contributed by atoms with Gasteiger partial charge in [0.15, 0.2) is 11.5 Å². The molecule has 164 valence electrons. The van der Waals surface area contributed by atoms with Gasteiger partial charge in [-0.3, -0.25) is 0 Å². The molecule has 0 bridgehead atoms. The first kappa shape index (κ1) is 24.8. The van der Waals surface area contributed by atoms with Crippen LogP contribution >= 0.6 is 23.5 Å². The van der Waals surface area contributed by atoms with Crippen LogP contribution in [0.1, 0.15) is 45.7 Å². The van der Waals surface area contributed by atoms with E-state index < -0.39 is 0 Å². The number of nitrogens with zero attached hydrogens (tertiary/aromatic N) is 2. The average Bonchev–Trinajstić information content (AvgIpc) is 2.73. The van der Waals surface area contributed by atoms with Crippen LogP contribution in [-0.4, -0.2) is 19.0 Å². The van der Waals surface area contributed by atoms with Gasteiger partial charge >= 0.3 is 0 Å². The molecule has 7 heteroatoms. The molecule has 0 aliphatic rings. The Labute approximate surface area is 193 Å². The molecule has 0 amide bonds. The van der Waals surface area contributed by atoms with Crippen LogP contribution in [0, 0.1) is 34.5 Å². The zero-order valence-corrected chi connectivity index (χ0v) is 20.3. The topological polar surface area (TPSA) is 92.1 Å². The number of hydrogen-bond acceptors (Lipinski definition) is 7. The second kappa shape index (κ2) is 11.8. The van der Waals surface area contributed by atoms with Crippen LogP contribution < -0.4 is 15.2 Å². The summed E-state index contributed by atoms with van der Waals surface area (Å²) in [6.45, 7) is 11.1. The first-order chi connectivity index (χ1) is 14.8. The van der Waals surface area contributed by atoms with Crippen LogP contribution in [0.5, 0.6) is 11.5 Å². The van der Waals surface area contributed by atoms with E-state index in [0.717, 1.165) is 20.4 Å². The maximum Gasteiger partial charge on any atom is 0.153 e. The highest BCUT2D eigenvalue weighted by Crippen LogP contribution is 2.51. The van der Waals surface area contributed by atoms with Gasteiger partial charge < -0.3 is 15.2 Å². The first-order valence-corrected chi connectivity index (χ1v) is 12.1. The number of anilines is 1. The van der Waals surface area contributed by atoms with Crippen molar-refractivity contribution in [3.63, 3.8) is 0 Å². The summed E-state index contributed by atoms with van der Waals surface area (Å²) in [6, 6.07) is 12.0. The standard InChI is InChI=1S/C24H29N3O2S2/c1-6-30-23-21(28-13-15(2)3)17(11-25)18(12-26)22(29-14-16(4)5)24(23)31-20-10-8-7-9-19(20)27/h7-10,15-16H,6,13-14,27H2,1-5H3. The molecule has 0 unspecified atom stereocenters. The second-order valence-corrected chi connectivity index (χ2v) is 10.1. The van der Waals surface area contributed by atoms with E-state index in [2.05, 4.69) is 12.1 Å². The monoisotopic (exact) mass is 455 g/mol. The minimum atomic E-state index is 0.208. The zero-order valence-electron chi connectivity index (χ0n) is 18.7. The fourth-order valence-electron chi connectivity index (χ4n) is 2.70. The van der Waals surface area contributed by atoms with Gasteiger partial charge in [-0.1, -0.05) is 58.5 Å². The third-order valence-corrected chi connectivity index (χ3v) is 6.37. The van der Waals surface area contributed by atoms with Gasteiger partial charge in [-0.2, -0.15) is 10.5 Å². The van der Waals surface area contributed by atoms with E-state index in [0.29, 0.717) is 30.4 Å². The van der Waals surface area contributed by atoms with Crippen LogP contribution in [0.25, 0.3) is 0 Å². The van der Waals surface area contributed by atoms with Crippen molar-refractivity contribution in [3.8, 4) is 23.6 Å². The van der Waals surface area contributed by atoms with Gasteiger partial charge in [0.25, 0.3) is 0 Å². The minimum absolute atomic E-state index is 0.208. The normalized spacial score (nSPS) is 10.7. The number of ether oxygens (including phenoxy) is 2. The number of para-hydroxylation sites is 1. The minimum Gasteiger partial charge on any atom is -0.491 e. The highest BCUT2D eigenvalue weighted by Gasteiger charge is 2.28. The molecule has 2 aromatic carbocycles. The number of nitrogens with two attached hydrogens (primary N) is 1. The van der Waals surface area contributed by atoms with Crippen molar-refractivity contribution in [3.05, 3.63) is 35.4 Å². The van der Waals surface area contributed by atoms with E-state index in [4.69, 9.17) is 15.2 Å². The molecule has 0 heterocycles. The molecule has 0 atom stereocenters. The van der Waals surface area contributed by atoms with Gasteiger partial charge in [0, 0.05) is 10.6 Å². The molecule has 0 aromatic heterocycles. The second-order valence-electron chi connectivity index (χ2n) is 7.77. The largest absolute Gasteiger partial charge is 0.491 e. The summed E-state index contributed by atoms with van der Waals surface area (Å²) in [6.07, 6.45) is 0.